The minimum Gasteiger partial charge on any atom is -0.405 e. The Bertz CT molecular complexity index is 615. The Morgan fingerprint density at radius 2 is 1.80 bits per heavy atom. The summed E-state index contributed by atoms with van der Waals surface area (Å²) in [6.45, 7) is -0.300. The zero-order valence-corrected chi connectivity index (χ0v) is 10.2. The summed E-state index contributed by atoms with van der Waals surface area (Å²) in [5.41, 5.74) is 6.52. The van der Waals surface area contributed by atoms with Gasteiger partial charge < -0.3 is 15.6 Å². The van der Waals surface area contributed by atoms with E-state index in [9.17, 15) is 13.2 Å². The third kappa shape index (κ3) is 3.18. The van der Waals surface area contributed by atoms with Gasteiger partial charge in [-0.25, -0.2) is 4.98 Å². The first kappa shape index (κ1) is 14.1. The average Bonchev–Trinajstić information content (AvgIpc) is 2.38. The zero-order valence-electron chi connectivity index (χ0n) is 10.2. The number of anilines is 1. The molecule has 7 heteroatoms. The Balaban J connectivity index is 2.47. The lowest BCUT2D eigenvalue weighted by Gasteiger charge is -2.14. The first-order valence-corrected chi connectivity index (χ1v) is 5.62. The molecule has 0 aliphatic heterocycles. The fraction of sp³-hybridized carbons (Fsp3) is 0.154. The Labute approximate surface area is 112 Å². The van der Waals surface area contributed by atoms with Gasteiger partial charge in [0.15, 0.2) is 0 Å². The van der Waals surface area contributed by atoms with E-state index in [0.29, 0.717) is 11.3 Å². The van der Waals surface area contributed by atoms with Gasteiger partial charge in [0.05, 0.1) is 12.3 Å². The van der Waals surface area contributed by atoms with Gasteiger partial charge in [0.1, 0.15) is 11.6 Å². The highest BCUT2D eigenvalue weighted by Gasteiger charge is 2.32. The van der Waals surface area contributed by atoms with Crippen molar-refractivity contribution in [2.24, 2.45) is 0 Å². The smallest absolute Gasteiger partial charge is 0.405 e. The number of nitrogens with zero attached hydrogens (tertiary/aromatic N) is 1. The van der Waals surface area contributed by atoms with Gasteiger partial charge in [0, 0.05) is 11.1 Å². The summed E-state index contributed by atoms with van der Waals surface area (Å²) < 4.78 is 41.0. The van der Waals surface area contributed by atoms with Crippen LogP contribution in [0.15, 0.2) is 36.4 Å². The van der Waals surface area contributed by atoms with Crippen LogP contribution >= 0.6 is 0 Å². The minimum absolute atomic E-state index is 0.0229. The molecule has 0 bridgehead atoms. The molecular formula is C13H11F3N2O2. The number of aliphatic hydroxyl groups excluding tert-OH is 1. The van der Waals surface area contributed by atoms with Crippen molar-refractivity contribution in [3.05, 3.63) is 42.1 Å². The van der Waals surface area contributed by atoms with Crippen LogP contribution in [0.2, 0.25) is 0 Å². The molecule has 1 heterocycles. The van der Waals surface area contributed by atoms with E-state index >= 15 is 0 Å². The standard InChI is InChI=1S/C13H11F3N2O2/c14-13(15,16)20-11-4-2-1-3-9(11)10-6-5-8(7-19)18-12(10)17/h1-6,19H,7H2,(H2,17,18). The lowest BCUT2D eigenvalue weighted by molar-refractivity contribution is -0.274. The van der Waals surface area contributed by atoms with E-state index in [4.69, 9.17) is 10.8 Å². The summed E-state index contributed by atoms with van der Waals surface area (Å²) in [4.78, 5) is 3.90. The maximum Gasteiger partial charge on any atom is 0.573 e. The van der Waals surface area contributed by atoms with Gasteiger partial charge >= 0.3 is 6.36 Å². The number of nitrogen functional groups attached to an aromatic ring is 1. The summed E-state index contributed by atoms with van der Waals surface area (Å²) in [6, 6.07) is 8.62. The highest BCUT2D eigenvalue weighted by molar-refractivity contribution is 5.78. The lowest BCUT2D eigenvalue weighted by Crippen LogP contribution is -2.17. The van der Waals surface area contributed by atoms with E-state index < -0.39 is 6.36 Å². The van der Waals surface area contributed by atoms with Crippen LogP contribution < -0.4 is 10.5 Å². The number of para-hydroxylation sites is 1. The van der Waals surface area contributed by atoms with E-state index in [1.165, 1.54) is 30.3 Å². The fourth-order valence-electron chi connectivity index (χ4n) is 1.74. The lowest BCUT2D eigenvalue weighted by atomic mass is 10.1. The maximum atomic E-state index is 12.4. The average molecular weight is 284 g/mol. The summed E-state index contributed by atoms with van der Waals surface area (Å²) >= 11 is 0. The van der Waals surface area contributed by atoms with Crippen molar-refractivity contribution in [1.82, 2.24) is 4.98 Å². The molecular weight excluding hydrogens is 273 g/mol. The van der Waals surface area contributed by atoms with Gasteiger partial charge in [0.2, 0.25) is 0 Å². The largest absolute Gasteiger partial charge is 0.573 e. The van der Waals surface area contributed by atoms with E-state index in [2.05, 4.69) is 9.72 Å². The number of hydrogen-bond acceptors (Lipinski definition) is 4. The van der Waals surface area contributed by atoms with Crippen LogP contribution in [0, 0.1) is 0 Å². The van der Waals surface area contributed by atoms with E-state index in [0.717, 1.165) is 0 Å². The fourth-order valence-corrected chi connectivity index (χ4v) is 1.74. The molecule has 0 spiro atoms. The minimum atomic E-state index is -4.79. The third-order valence-corrected chi connectivity index (χ3v) is 2.55. The number of benzene rings is 1. The van der Waals surface area contributed by atoms with Crippen molar-refractivity contribution in [2.75, 3.05) is 5.73 Å². The molecule has 1 aromatic heterocycles. The van der Waals surface area contributed by atoms with Gasteiger partial charge in [-0.2, -0.15) is 0 Å². The van der Waals surface area contributed by atoms with Crippen LogP contribution in [0.4, 0.5) is 19.0 Å². The van der Waals surface area contributed by atoms with Crippen LogP contribution in [-0.2, 0) is 6.61 Å². The molecule has 0 saturated carbocycles. The number of rotatable bonds is 3. The van der Waals surface area contributed by atoms with Crippen molar-refractivity contribution in [2.45, 2.75) is 13.0 Å². The third-order valence-electron chi connectivity index (χ3n) is 2.55. The van der Waals surface area contributed by atoms with Crippen LogP contribution in [0.1, 0.15) is 5.69 Å². The zero-order chi connectivity index (χ0) is 14.8. The first-order chi connectivity index (χ1) is 9.40. The highest BCUT2D eigenvalue weighted by atomic mass is 19.4. The number of pyridine rings is 1. The monoisotopic (exact) mass is 284 g/mol. The van der Waals surface area contributed by atoms with Crippen molar-refractivity contribution in [3.8, 4) is 16.9 Å². The molecule has 1 aromatic carbocycles. The molecule has 3 N–H and O–H groups in total. The van der Waals surface area contributed by atoms with Crippen molar-refractivity contribution in [1.29, 1.82) is 0 Å². The second-order valence-corrected chi connectivity index (χ2v) is 3.94. The predicted molar refractivity (Wildman–Crippen MR) is 66.7 cm³/mol. The van der Waals surface area contributed by atoms with Gasteiger partial charge in [-0.1, -0.05) is 18.2 Å². The topological polar surface area (TPSA) is 68.4 Å². The van der Waals surface area contributed by atoms with Crippen molar-refractivity contribution in [3.63, 3.8) is 0 Å². The molecule has 20 heavy (non-hydrogen) atoms. The number of nitrogens with two attached hydrogens (primary N) is 1. The quantitative estimate of drug-likeness (QED) is 0.909. The molecule has 4 nitrogen and oxygen atoms in total. The molecule has 0 unspecified atom stereocenters. The number of alkyl halides is 3. The molecule has 0 atom stereocenters. The Kier molecular flexibility index (Phi) is 3.80. The van der Waals surface area contributed by atoms with Gasteiger partial charge in [0.25, 0.3) is 0 Å². The summed E-state index contributed by atoms with van der Waals surface area (Å²) in [6.07, 6.45) is -4.79. The SMILES string of the molecule is Nc1nc(CO)ccc1-c1ccccc1OC(F)(F)F. The number of aromatic nitrogens is 1. The second kappa shape index (κ2) is 5.38. The first-order valence-electron chi connectivity index (χ1n) is 5.62. The summed E-state index contributed by atoms with van der Waals surface area (Å²) in [5, 5.41) is 8.94. The molecule has 0 aliphatic rings. The number of hydrogen-bond donors (Lipinski definition) is 2. The van der Waals surface area contributed by atoms with Gasteiger partial charge in [-0.15, -0.1) is 13.2 Å². The van der Waals surface area contributed by atoms with Gasteiger partial charge in [-0.05, 0) is 18.2 Å². The van der Waals surface area contributed by atoms with E-state index in [-0.39, 0.29) is 23.7 Å². The molecule has 2 rings (SSSR count). The Morgan fingerprint density at radius 3 is 2.40 bits per heavy atom. The molecule has 0 saturated heterocycles. The van der Waals surface area contributed by atoms with E-state index in [1.54, 1.807) is 6.07 Å². The molecule has 106 valence electrons. The predicted octanol–water partition coefficient (Wildman–Crippen LogP) is 2.72. The van der Waals surface area contributed by atoms with Crippen molar-refractivity contribution < 1.29 is 23.0 Å². The van der Waals surface area contributed by atoms with Crippen LogP contribution in [0.5, 0.6) is 5.75 Å². The molecule has 0 amide bonds. The maximum absolute atomic E-state index is 12.4. The van der Waals surface area contributed by atoms with Gasteiger partial charge in [-0.3, -0.25) is 0 Å². The number of halogens is 3. The van der Waals surface area contributed by atoms with Crippen LogP contribution in [0.3, 0.4) is 0 Å². The number of aliphatic hydroxyl groups is 1. The molecule has 0 fully saturated rings. The van der Waals surface area contributed by atoms with Crippen LogP contribution in [0.25, 0.3) is 11.1 Å². The summed E-state index contributed by atoms with van der Waals surface area (Å²) in [5.74, 6) is -0.333. The van der Waals surface area contributed by atoms with Crippen molar-refractivity contribution >= 4 is 5.82 Å². The van der Waals surface area contributed by atoms with E-state index in [1.807, 2.05) is 0 Å². The second-order valence-electron chi connectivity index (χ2n) is 3.94. The highest BCUT2D eigenvalue weighted by Crippen LogP contribution is 2.35. The van der Waals surface area contributed by atoms with Crippen LogP contribution in [-0.4, -0.2) is 16.5 Å². The number of ether oxygens (including phenoxy) is 1. The Hall–Kier alpha value is -2.28. The molecule has 0 radical (unpaired) electrons. The summed E-state index contributed by atoms with van der Waals surface area (Å²) in [7, 11) is 0. The molecule has 2 aromatic rings. The normalized spacial score (nSPS) is 11.4. The molecule has 0 aliphatic carbocycles. The Morgan fingerprint density at radius 1 is 1.10 bits per heavy atom.